The molecule has 1 aliphatic carbocycles. The normalized spacial score (nSPS) is 32.2. The summed E-state index contributed by atoms with van der Waals surface area (Å²) in [5.74, 6) is -0.150. The average molecular weight is 336 g/mol. The molecule has 1 saturated carbocycles. The van der Waals surface area contributed by atoms with Crippen molar-refractivity contribution in [2.75, 3.05) is 13.6 Å². The lowest BCUT2D eigenvalue weighted by atomic mass is 9.67. The Morgan fingerprint density at radius 3 is 2.71 bits per heavy atom. The first-order chi connectivity index (χ1) is 11.3. The zero-order chi connectivity index (χ0) is 17.2. The van der Waals surface area contributed by atoms with Crippen LogP contribution in [0.3, 0.4) is 0 Å². The summed E-state index contributed by atoms with van der Waals surface area (Å²) in [7, 11) is 1.73. The van der Waals surface area contributed by atoms with Gasteiger partial charge in [0.1, 0.15) is 11.9 Å². The van der Waals surface area contributed by atoms with E-state index < -0.39 is 12.3 Å². The maximum atomic E-state index is 13.5. The first-order valence-corrected chi connectivity index (χ1v) is 8.27. The molecule has 130 valence electrons. The molecule has 2 amide bonds. The van der Waals surface area contributed by atoms with Gasteiger partial charge < -0.3 is 14.9 Å². The van der Waals surface area contributed by atoms with Gasteiger partial charge >= 0.3 is 6.09 Å². The molecule has 0 saturated heterocycles. The highest BCUT2D eigenvalue weighted by molar-refractivity contribution is 5.94. The quantitative estimate of drug-likeness (QED) is 0.779. The smallest absolute Gasteiger partial charge is 0.407 e. The van der Waals surface area contributed by atoms with Crippen molar-refractivity contribution in [1.82, 2.24) is 19.6 Å². The number of halogens is 1. The maximum absolute atomic E-state index is 13.5. The van der Waals surface area contributed by atoms with Crippen molar-refractivity contribution < 1.29 is 19.1 Å². The number of hydrogen-bond acceptors (Lipinski definition) is 3. The van der Waals surface area contributed by atoms with Gasteiger partial charge in [-0.05, 0) is 19.8 Å². The molecule has 24 heavy (non-hydrogen) atoms. The van der Waals surface area contributed by atoms with Crippen LogP contribution in [-0.2, 0) is 19.5 Å². The van der Waals surface area contributed by atoms with Crippen LogP contribution < -0.4 is 0 Å². The predicted molar refractivity (Wildman–Crippen MR) is 82.5 cm³/mol. The molecule has 2 aliphatic heterocycles. The van der Waals surface area contributed by atoms with E-state index in [-0.39, 0.29) is 23.9 Å². The van der Waals surface area contributed by atoms with E-state index in [0.29, 0.717) is 43.6 Å². The van der Waals surface area contributed by atoms with Crippen molar-refractivity contribution in [3.05, 3.63) is 17.0 Å². The number of fused-ring (bicyclic) bond motifs is 3. The Kier molecular flexibility index (Phi) is 3.17. The second kappa shape index (κ2) is 4.94. The van der Waals surface area contributed by atoms with Gasteiger partial charge in [-0.2, -0.15) is 5.10 Å². The Morgan fingerprint density at radius 2 is 2.08 bits per heavy atom. The second-order valence-corrected chi connectivity index (χ2v) is 7.56. The van der Waals surface area contributed by atoms with Crippen molar-refractivity contribution >= 4 is 12.0 Å². The number of carbonyl (C=O) groups is 2. The van der Waals surface area contributed by atoms with Gasteiger partial charge in [-0.25, -0.2) is 9.18 Å². The molecule has 0 unspecified atom stereocenters. The molecule has 1 N–H and O–H groups in total. The predicted octanol–water partition coefficient (Wildman–Crippen LogP) is 1.51. The van der Waals surface area contributed by atoms with E-state index in [9.17, 15) is 19.1 Å². The van der Waals surface area contributed by atoms with Crippen LogP contribution in [0.2, 0.25) is 0 Å². The van der Waals surface area contributed by atoms with Gasteiger partial charge in [-0.3, -0.25) is 9.48 Å². The Bertz CT molecular complexity index is 725. The average Bonchev–Trinajstić information content (AvgIpc) is 2.75. The number of alkyl halides is 1. The standard InChI is InChI=1S/C16H21FN4O3/c1-9-3-12-11(6-20(9)15(23)24)13-14(22)19(2)7-16(4-10(17)5-16)8-21(13)18-12/h9-10H,3-8H2,1-2H3,(H,23,24)/t9-,10?,16?/m1/s1. The molecule has 0 bridgehead atoms. The zero-order valence-corrected chi connectivity index (χ0v) is 13.8. The number of carboxylic acid groups (broad SMARTS) is 1. The minimum absolute atomic E-state index is 0.150. The fourth-order valence-corrected chi connectivity index (χ4v) is 4.47. The Balaban J connectivity index is 1.76. The molecule has 1 atom stereocenters. The lowest BCUT2D eigenvalue weighted by Crippen LogP contribution is -2.48. The number of nitrogens with zero attached hydrogens (tertiary/aromatic N) is 4. The molecule has 1 aromatic heterocycles. The molecule has 0 aromatic carbocycles. The number of amides is 2. The molecular weight excluding hydrogens is 315 g/mol. The number of rotatable bonds is 0. The third-order valence-electron chi connectivity index (χ3n) is 5.64. The van der Waals surface area contributed by atoms with Crippen LogP contribution in [-0.4, -0.2) is 62.5 Å². The molecule has 7 nitrogen and oxygen atoms in total. The Morgan fingerprint density at radius 1 is 1.38 bits per heavy atom. The van der Waals surface area contributed by atoms with Crippen molar-refractivity contribution in [2.24, 2.45) is 5.41 Å². The third-order valence-corrected chi connectivity index (χ3v) is 5.64. The van der Waals surface area contributed by atoms with Crippen LogP contribution in [0.4, 0.5) is 9.18 Å². The fraction of sp³-hybridized carbons (Fsp3) is 0.688. The van der Waals surface area contributed by atoms with E-state index in [1.807, 2.05) is 6.92 Å². The molecule has 1 aromatic rings. The summed E-state index contributed by atoms with van der Waals surface area (Å²) in [4.78, 5) is 27.3. The third kappa shape index (κ3) is 2.12. The summed E-state index contributed by atoms with van der Waals surface area (Å²) in [6.45, 7) is 3.06. The van der Waals surface area contributed by atoms with Crippen molar-refractivity contribution in [1.29, 1.82) is 0 Å². The highest BCUT2D eigenvalue weighted by atomic mass is 19.1. The molecule has 8 heteroatoms. The molecule has 4 rings (SSSR count). The monoisotopic (exact) mass is 336 g/mol. The molecule has 1 spiro atoms. The lowest BCUT2D eigenvalue weighted by molar-refractivity contribution is -0.00791. The van der Waals surface area contributed by atoms with E-state index >= 15 is 0 Å². The van der Waals surface area contributed by atoms with Gasteiger partial charge in [0.2, 0.25) is 0 Å². The van der Waals surface area contributed by atoms with Gasteiger partial charge in [0.25, 0.3) is 5.91 Å². The summed E-state index contributed by atoms with van der Waals surface area (Å²) in [6.07, 6.45) is -0.392. The minimum Gasteiger partial charge on any atom is -0.465 e. The maximum Gasteiger partial charge on any atom is 0.407 e. The van der Waals surface area contributed by atoms with Gasteiger partial charge in [0, 0.05) is 43.6 Å². The minimum atomic E-state index is -0.988. The fourth-order valence-electron chi connectivity index (χ4n) is 4.47. The van der Waals surface area contributed by atoms with Crippen LogP contribution in [0.1, 0.15) is 41.5 Å². The largest absolute Gasteiger partial charge is 0.465 e. The first kappa shape index (κ1) is 15.4. The Hall–Kier alpha value is -2.12. The van der Waals surface area contributed by atoms with Crippen LogP contribution in [0.25, 0.3) is 0 Å². The van der Waals surface area contributed by atoms with Gasteiger partial charge in [-0.15, -0.1) is 0 Å². The Labute approximate surface area is 139 Å². The molecule has 3 aliphatic rings. The van der Waals surface area contributed by atoms with E-state index in [1.165, 1.54) is 4.90 Å². The number of carbonyl (C=O) groups excluding carboxylic acids is 1. The first-order valence-electron chi connectivity index (χ1n) is 8.27. The number of aromatic nitrogens is 2. The number of hydrogen-bond donors (Lipinski definition) is 1. The van der Waals surface area contributed by atoms with Crippen LogP contribution in [0, 0.1) is 5.41 Å². The highest BCUT2D eigenvalue weighted by Crippen LogP contribution is 2.46. The van der Waals surface area contributed by atoms with Gasteiger partial charge in [0.15, 0.2) is 0 Å². The van der Waals surface area contributed by atoms with Crippen LogP contribution in [0.15, 0.2) is 0 Å². The van der Waals surface area contributed by atoms with Crippen molar-refractivity contribution in [3.8, 4) is 0 Å². The molecule has 3 heterocycles. The highest BCUT2D eigenvalue weighted by Gasteiger charge is 2.49. The SMILES string of the molecule is C[C@@H]1Cc2nn3c(c2CN1C(=O)O)C(=O)N(C)CC1(CC(F)C1)C3. The summed E-state index contributed by atoms with van der Waals surface area (Å²) in [6, 6.07) is -0.171. The molecule has 0 radical (unpaired) electrons. The van der Waals surface area contributed by atoms with Crippen LogP contribution >= 0.6 is 0 Å². The van der Waals surface area contributed by atoms with Crippen molar-refractivity contribution in [2.45, 2.75) is 51.5 Å². The topological polar surface area (TPSA) is 78.7 Å². The summed E-state index contributed by atoms with van der Waals surface area (Å²) < 4.78 is 15.2. The van der Waals surface area contributed by atoms with Gasteiger partial charge in [0.05, 0.1) is 12.2 Å². The van der Waals surface area contributed by atoms with Gasteiger partial charge in [-0.1, -0.05) is 0 Å². The van der Waals surface area contributed by atoms with E-state index in [4.69, 9.17) is 0 Å². The van der Waals surface area contributed by atoms with E-state index in [2.05, 4.69) is 5.10 Å². The van der Waals surface area contributed by atoms with Crippen molar-refractivity contribution in [3.63, 3.8) is 0 Å². The summed E-state index contributed by atoms with van der Waals surface area (Å²) >= 11 is 0. The molecular formula is C16H21FN4O3. The second-order valence-electron chi connectivity index (χ2n) is 7.56. The van der Waals surface area contributed by atoms with E-state index in [0.717, 1.165) is 5.69 Å². The van der Waals surface area contributed by atoms with E-state index in [1.54, 1.807) is 16.6 Å². The summed E-state index contributed by atoms with van der Waals surface area (Å²) in [5, 5.41) is 14.0. The summed E-state index contributed by atoms with van der Waals surface area (Å²) in [5.41, 5.74) is 1.73. The van der Waals surface area contributed by atoms with Crippen LogP contribution in [0.5, 0.6) is 0 Å². The zero-order valence-electron chi connectivity index (χ0n) is 13.8. The molecule has 1 fully saturated rings. The lowest BCUT2D eigenvalue weighted by Gasteiger charge is -2.44.